The number of aryl methyl sites for hydroxylation is 1. The molecule has 1 N–H and O–H groups in total. The van der Waals surface area contributed by atoms with Crippen molar-refractivity contribution in [1.29, 1.82) is 0 Å². The van der Waals surface area contributed by atoms with Crippen LogP contribution in [0.4, 0.5) is 4.79 Å². The fourth-order valence-corrected chi connectivity index (χ4v) is 4.78. The Labute approximate surface area is 200 Å². The fourth-order valence-electron chi connectivity index (χ4n) is 4.78. The highest BCUT2D eigenvalue weighted by atomic mass is 16.5. The third-order valence-electron chi connectivity index (χ3n) is 6.73. The second-order valence-corrected chi connectivity index (χ2v) is 9.06. The lowest BCUT2D eigenvalue weighted by Crippen LogP contribution is -2.48. The van der Waals surface area contributed by atoms with Crippen molar-refractivity contribution < 1.29 is 9.53 Å². The summed E-state index contributed by atoms with van der Waals surface area (Å²) in [4.78, 5) is 33.8. The van der Waals surface area contributed by atoms with Crippen LogP contribution in [0.5, 0.6) is 0 Å². The predicted octanol–water partition coefficient (Wildman–Crippen LogP) is 4.75. The van der Waals surface area contributed by atoms with Gasteiger partial charge in [-0.05, 0) is 50.5 Å². The molecular weight excluding hydrogens is 428 g/mol. The van der Waals surface area contributed by atoms with E-state index in [1.165, 1.54) is 6.42 Å². The normalized spacial score (nSPS) is 15.3. The SMILES string of the molecule is COCCN(C(=O)NC1CCCCC1)C(C)c1nc2ccccc2c(=O)n1-c1ccccc1C. The van der Waals surface area contributed by atoms with Gasteiger partial charge in [0, 0.05) is 19.7 Å². The minimum absolute atomic E-state index is 0.138. The number of benzene rings is 2. The quantitative estimate of drug-likeness (QED) is 0.550. The highest BCUT2D eigenvalue weighted by molar-refractivity contribution is 5.78. The zero-order valence-corrected chi connectivity index (χ0v) is 20.3. The summed E-state index contributed by atoms with van der Waals surface area (Å²) in [5, 5.41) is 3.77. The summed E-state index contributed by atoms with van der Waals surface area (Å²) >= 11 is 0. The van der Waals surface area contributed by atoms with Crippen LogP contribution in [-0.2, 0) is 4.74 Å². The van der Waals surface area contributed by atoms with Gasteiger partial charge in [-0.3, -0.25) is 9.36 Å². The molecule has 1 atom stereocenters. The molecule has 2 aromatic carbocycles. The van der Waals surface area contributed by atoms with E-state index in [4.69, 9.17) is 9.72 Å². The number of urea groups is 1. The van der Waals surface area contributed by atoms with Gasteiger partial charge >= 0.3 is 6.03 Å². The summed E-state index contributed by atoms with van der Waals surface area (Å²) in [5.74, 6) is 0.535. The molecule has 0 saturated heterocycles. The molecule has 0 spiro atoms. The highest BCUT2D eigenvalue weighted by Gasteiger charge is 2.28. The van der Waals surface area contributed by atoms with Crippen LogP contribution in [-0.4, -0.2) is 46.8 Å². The Morgan fingerprint density at radius 1 is 1.15 bits per heavy atom. The van der Waals surface area contributed by atoms with E-state index in [-0.39, 0.29) is 17.6 Å². The van der Waals surface area contributed by atoms with E-state index >= 15 is 0 Å². The molecule has 2 amide bonds. The van der Waals surface area contributed by atoms with Crippen molar-refractivity contribution in [1.82, 2.24) is 19.8 Å². The summed E-state index contributed by atoms with van der Waals surface area (Å²) in [6.45, 7) is 4.70. The molecule has 1 unspecified atom stereocenters. The van der Waals surface area contributed by atoms with Gasteiger partial charge in [-0.25, -0.2) is 9.78 Å². The number of para-hydroxylation sites is 2. The fraction of sp³-hybridized carbons (Fsp3) is 0.444. The van der Waals surface area contributed by atoms with Gasteiger partial charge in [-0.15, -0.1) is 0 Å². The van der Waals surface area contributed by atoms with Gasteiger partial charge in [0.25, 0.3) is 5.56 Å². The maximum atomic E-state index is 13.7. The molecule has 1 saturated carbocycles. The number of carbonyl (C=O) groups excluding carboxylic acids is 1. The highest BCUT2D eigenvalue weighted by Crippen LogP contribution is 2.25. The molecule has 4 rings (SSSR count). The topological polar surface area (TPSA) is 76.5 Å². The molecule has 0 bridgehead atoms. The molecular formula is C27H34N4O3. The number of carbonyl (C=O) groups is 1. The van der Waals surface area contributed by atoms with Gasteiger partial charge in [0.2, 0.25) is 0 Å². The summed E-state index contributed by atoms with van der Waals surface area (Å²) in [6.07, 6.45) is 5.50. The Kier molecular flexibility index (Phi) is 7.63. The summed E-state index contributed by atoms with van der Waals surface area (Å²) in [7, 11) is 1.62. The Morgan fingerprint density at radius 3 is 2.59 bits per heavy atom. The number of aromatic nitrogens is 2. The molecule has 7 heteroatoms. The second-order valence-electron chi connectivity index (χ2n) is 9.06. The maximum absolute atomic E-state index is 13.7. The number of fused-ring (bicyclic) bond motifs is 1. The maximum Gasteiger partial charge on any atom is 0.318 e. The lowest BCUT2D eigenvalue weighted by Gasteiger charge is -2.33. The van der Waals surface area contributed by atoms with Crippen molar-refractivity contribution in [2.24, 2.45) is 0 Å². The van der Waals surface area contributed by atoms with Crippen LogP contribution in [0, 0.1) is 6.92 Å². The number of rotatable bonds is 7. The molecule has 1 aromatic heterocycles. The van der Waals surface area contributed by atoms with E-state index in [9.17, 15) is 9.59 Å². The second kappa shape index (κ2) is 10.8. The van der Waals surface area contributed by atoms with Crippen LogP contribution in [0.2, 0.25) is 0 Å². The van der Waals surface area contributed by atoms with Crippen LogP contribution in [0.15, 0.2) is 53.3 Å². The molecule has 180 valence electrons. The molecule has 3 aromatic rings. The van der Waals surface area contributed by atoms with Crippen molar-refractivity contribution in [3.8, 4) is 5.69 Å². The number of hydrogen-bond donors (Lipinski definition) is 1. The number of ether oxygens (including phenoxy) is 1. The zero-order chi connectivity index (χ0) is 24.1. The van der Waals surface area contributed by atoms with Gasteiger partial charge in [0.1, 0.15) is 5.82 Å². The average Bonchev–Trinajstić information content (AvgIpc) is 2.85. The van der Waals surface area contributed by atoms with Gasteiger partial charge < -0.3 is 15.0 Å². The molecule has 0 radical (unpaired) electrons. The summed E-state index contributed by atoms with van der Waals surface area (Å²) in [6, 6.07) is 14.7. The smallest absolute Gasteiger partial charge is 0.318 e. The van der Waals surface area contributed by atoms with Crippen LogP contribution >= 0.6 is 0 Å². The van der Waals surface area contributed by atoms with E-state index in [0.717, 1.165) is 36.9 Å². The Hall–Kier alpha value is -3.19. The number of methoxy groups -OCH3 is 1. The van der Waals surface area contributed by atoms with Crippen LogP contribution in [0.1, 0.15) is 56.5 Å². The van der Waals surface area contributed by atoms with Gasteiger partial charge in [0.15, 0.2) is 0 Å². The molecule has 7 nitrogen and oxygen atoms in total. The Bertz CT molecular complexity index is 1200. The van der Waals surface area contributed by atoms with Crippen LogP contribution < -0.4 is 10.9 Å². The van der Waals surface area contributed by atoms with Crippen molar-refractivity contribution in [3.05, 3.63) is 70.3 Å². The Morgan fingerprint density at radius 2 is 1.85 bits per heavy atom. The minimum Gasteiger partial charge on any atom is -0.383 e. The number of nitrogens with zero attached hydrogens (tertiary/aromatic N) is 3. The third kappa shape index (κ3) is 4.99. The van der Waals surface area contributed by atoms with E-state index in [1.807, 2.05) is 56.3 Å². The standard InChI is InChI=1S/C27H34N4O3/c1-19-11-7-10-16-24(19)31-25(29-23-15-9-8-14-22(23)26(31)32)20(2)30(17-18-34-3)27(33)28-21-12-5-4-6-13-21/h7-11,14-16,20-21H,4-6,12-13,17-18H2,1-3H3,(H,28,33). The molecule has 1 aliphatic carbocycles. The van der Waals surface area contributed by atoms with Gasteiger partial charge in [-0.1, -0.05) is 49.6 Å². The molecule has 34 heavy (non-hydrogen) atoms. The van der Waals surface area contributed by atoms with Crippen LogP contribution in [0.3, 0.4) is 0 Å². The first-order chi connectivity index (χ1) is 16.5. The largest absolute Gasteiger partial charge is 0.383 e. The van der Waals surface area contributed by atoms with E-state index < -0.39 is 6.04 Å². The first kappa shape index (κ1) is 24.0. The van der Waals surface area contributed by atoms with Crippen LogP contribution in [0.25, 0.3) is 16.6 Å². The lowest BCUT2D eigenvalue weighted by atomic mass is 9.96. The van der Waals surface area contributed by atoms with Gasteiger partial charge in [0.05, 0.1) is 29.2 Å². The summed E-state index contributed by atoms with van der Waals surface area (Å²) < 4.78 is 6.98. The monoisotopic (exact) mass is 462 g/mol. The number of nitrogens with one attached hydrogen (secondary N) is 1. The minimum atomic E-state index is -0.448. The predicted molar refractivity (Wildman–Crippen MR) is 134 cm³/mol. The molecule has 1 heterocycles. The first-order valence-electron chi connectivity index (χ1n) is 12.1. The van der Waals surface area contributed by atoms with Crippen molar-refractivity contribution >= 4 is 16.9 Å². The van der Waals surface area contributed by atoms with E-state index in [0.29, 0.717) is 29.9 Å². The van der Waals surface area contributed by atoms with Crippen molar-refractivity contribution in [2.75, 3.05) is 20.3 Å². The number of amides is 2. The number of hydrogen-bond acceptors (Lipinski definition) is 4. The zero-order valence-electron chi connectivity index (χ0n) is 20.3. The third-order valence-corrected chi connectivity index (χ3v) is 6.73. The van der Waals surface area contributed by atoms with Gasteiger partial charge in [-0.2, -0.15) is 0 Å². The molecule has 0 aliphatic heterocycles. The van der Waals surface area contributed by atoms with Crippen molar-refractivity contribution in [3.63, 3.8) is 0 Å². The molecule has 1 aliphatic rings. The Balaban J connectivity index is 1.80. The van der Waals surface area contributed by atoms with E-state index in [1.54, 1.807) is 22.6 Å². The average molecular weight is 463 g/mol. The molecule has 1 fully saturated rings. The first-order valence-corrected chi connectivity index (χ1v) is 12.1. The summed E-state index contributed by atoms with van der Waals surface area (Å²) in [5.41, 5.74) is 2.22. The van der Waals surface area contributed by atoms with Crippen molar-refractivity contribution in [2.45, 2.75) is 58.0 Å². The lowest BCUT2D eigenvalue weighted by molar-refractivity contribution is 0.127. The van der Waals surface area contributed by atoms with E-state index in [2.05, 4.69) is 5.32 Å².